The Morgan fingerprint density at radius 1 is 1.03 bits per heavy atom. The molecule has 2 aromatic carbocycles. The SMILES string of the molecule is CC1=C(C(=O)O)C(c2cccc(C(F)(F)F)c2)C(C(=O)NC/C=C/c2ccccc2)=C(C)N1. The number of benzene rings is 2. The van der Waals surface area contributed by atoms with Crippen LogP contribution in [0.3, 0.4) is 0 Å². The summed E-state index contributed by atoms with van der Waals surface area (Å²) in [5.41, 5.74) is 0.634. The number of halogens is 3. The lowest BCUT2D eigenvalue weighted by Gasteiger charge is -2.30. The van der Waals surface area contributed by atoms with E-state index in [0.717, 1.165) is 17.7 Å². The van der Waals surface area contributed by atoms with Crippen molar-refractivity contribution in [3.63, 3.8) is 0 Å². The monoisotopic (exact) mass is 456 g/mol. The molecule has 0 saturated carbocycles. The Hall–Kier alpha value is -3.81. The predicted molar refractivity (Wildman–Crippen MR) is 119 cm³/mol. The number of alkyl halides is 3. The Morgan fingerprint density at radius 3 is 2.33 bits per heavy atom. The van der Waals surface area contributed by atoms with E-state index in [1.54, 1.807) is 13.0 Å². The maximum absolute atomic E-state index is 13.3. The number of aliphatic carboxylic acids is 1. The number of hydrogen-bond donors (Lipinski definition) is 3. The number of nitrogens with one attached hydrogen (secondary N) is 2. The van der Waals surface area contributed by atoms with Gasteiger partial charge >= 0.3 is 12.1 Å². The summed E-state index contributed by atoms with van der Waals surface area (Å²) in [5, 5.41) is 15.4. The van der Waals surface area contributed by atoms with E-state index in [-0.39, 0.29) is 29.0 Å². The molecule has 3 N–H and O–H groups in total. The molecular weight excluding hydrogens is 433 g/mol. The van der Waals surface area contributed by atoms with E-state index in [4.69, 9.17) is 0 Å². The predicted octanol–water partition coefficient (Wildman–Crippen LogP) is 4.85. The Balaban J connectivity index is 1.94. The number of carboxylic acid groups (broad SMARTS) is 1. The van der Waals surface area contributed by atoms with Gasteiger partial charge in [-0.15, -0.1) is 0 Å². The number of carbonyl (C=O) groups is 2. The van der Waals surface area contributed by atoms with Crippen molar-refractivity contribution in [3.05, 3.63) is 99.9 Å². The topological polar surface area (TPSA) is 78.4 Å². The normalized spacial score (nSPS) is 16.7. The lowest BCUT2D eigenvalue weighted by atomic mass is 9.79. The van der Waals surface area contributed by atoms with Crippen molar-refractivity contribution in [2.24, 2.45) is 0 Å². The molecule has 33 heavy (non-hydrogen) atoms. The third-order valence-corrected chi connectivity index (χ3v) is 5.27. The fraction of sp³-hybridized carbons (Fsp3) is 0.200. The molecule has 8 heteroatoms. The van der Waals surface area contributed by atoms with E-state index in [1.165, 1.54) is 19.1 Å². The van der Waals surface area contributed by atoms with Crippen molar-refractivity contribution in [1.82, 2.24) is 10.6 Å². The molecule has 1 atom stereocenters. The van der Waals surface area contributed by atoms with E-state index in [1.807, 2.05) is 36.4 Å². The van der Waals surface area contributed by atoms with Crippen LogP contribution in [-0.2, 0) is 15.8 Å². The number of carbonyl (C=O) groups excluding carboxylic acids is 1. The summed E-state index contributed by atoms with van der Waals surface area (Å²) in [4.78, 5) is 25.1. The summed E-state index contributed by atoms with van der Waals surface area (Å²) in [6.07, 6.45) is -1.05. The van der Waals surface area contributed by atoms with Crippen LogP contribution >= 0.6 is 0 Å². The third kappa shape index (κ3) is 5.52. The zero-order valence-corrected chi connectivity index (χ0v) is 18.0. The summed E-state index contributed by atoms with van der Waals surface area (Å²) < 4.78 is 39.9. The maximum Gasteiger partial charge on any atom is 0.416 e. The zero-order valence-electron chi connectivity index (χ0n) is 18.0. The minimum atomic E-state index is -4.60. The molecule has 3 rings (SSSR count). The molecule has 0 aliphatic carbocycles. The minimum absolute atomic E-state index is 0.0606. The number of carboxylic acids is 1. The maximum atomic E-state index is 13.3. The van der Waals surface area contributed by atoms with Gasteiger partial charge in [0.25, 0.3) is 0 Å². The van der Waals surface area contributed by atoms with Crippen molar-refractivity contribution in [1.29, 1.82) is 0 Å². The second-order valence-corrected chi connectivity index (χ2v) is 7.59. The van der Waals surface area contributed by atoms with Crippen molar-refractivity contribution in [2.75, 3.05) is 6.54 Å². The molecule has 1 heterocycles. The zero-order chi connectivity index (χ0) is 24.2. The third-order valence-electron chi connectivity index (χ3n) is 5.27. The first kappa shape index (κ1) is 23.8. The molecule has 0 aromatic heterocycles. The Morgan fingerprint density at radius 2 is 1.70 bits per heavy atom. The summed E-state index contributed by atoms with van der Waals surface area (Å²) in [6.45, 7) is 3.27. The smallest absolute Gasteiger partial charge is 0.416 e. The van der Waals surface area contributed by atoms with E-state index in [2.05, 4.69) is 10.6 Å². The molecule has 1 aliphatic rings. The molecule has 1 amide bonds. The average molecular weight is 456 g/mol. The molecule has 0 bridgehead atoms. The van der Waals surface area contributed by atoms with Crippen molar-refractivity contribution in [3.8, 4) is 0 Å². The highest BCUT2D eigenvalue weighted by Crippen LogP contribution is 2.40. The molecule has 0 radical (unpaired) electrons. The minimum Gasteiger partial charge on any atom is -0.478 e. The molecule has 0 fully saturated rings. The van der Waals surface area contributed by atoms with Gasteiger partial charge in [0.2, 0.25) is 5.91 Å². The van der Waals surface area contributed by atoms with Gasteiger partial charge in [0.1, 0.15) is 0 Å². The quantitative estimate of drug-likeness (QED) is 0.581. The first-order valence-corrected chi connectivity index (χ1v) is 10.2. The first-order valence-electron chi connectivity index (χ1n) is 10.2. The highest BCUT2D eigenvalue weighted by molar-refractivity contribution is 6.01. The summed E-state index contributed by atoms with van der Waals surface area (Å²) >= 11 is 0. The molecule has 0 spiro atoms. The van der Waals surface area contributed by atoms with Gasteiger partial charge in [0, 0.05) is 23.5 Å². The van der Waals surface area contributed by atoms with Crippen LogP contribution in [0.4, 0.5) is 13.2 Å². The van der Waals surface area contributed by atoms with Gasteiger partial charge in [-0.2, -0.15) is 13.2 Å². The molecule has 1 aliphatic heterocycles. The fourth-order valence-corrected chi connectivity index (χ4v) is 3.81. The van der Waals surface area contributed by atoms with Gasteiger partial charge in [-0.25, -0.2) is 4.79 Å². The number of hydrogen-bond acceptors (Lipinski definition) is 3. The number of dihydropyridines is 1. The fourth-order valence-electron chi connectivity index (χ4n) is 3.81. The van der Waals surface area contributed by atoms with Crippen molar-refractivity contribution < 1.29 is 27.9 Å². The van der Waals surface area contributed by atoms with Crippen molar-refractivity contribution in [2.45, 2.75) is 25.9 Å². The van der Waals surface area contributed by atoms with Crippen LogP contribution in [0.2, 0.25) is 0 Å². The average Bonchev–Trinajstić information content (AvgIpc) is 2.76. The van der Waals surface area contributed by atoms with Gasteiger partial charge in [-0.3, -0.25) is 4.79 Å². The standard InChI is InChI=1S/C25H23F3N2O3/c1-15-20(23(31)29-13-7-10-17-8-4-3-5-9-17)22(21(24(32)33)16(2)30-15)18-11-6-12-19(14-18)25(26,27)28/h3-12,14,22,30H,13H2,1-2H3,(H,29,31)(H,32,33)/b10-7+. The van der Waals surface area contributed by atoms with Crippen LogP contribution in [0.5, 0.6) is 0 Å². The second-order valence-electron chi connectivity index (χ2n) is 7.59. The van der Waals surface area contributed by atoms with E-state index < -0.39 is 29.5 Å². The molecule has 1 unspecified atom stereocenters. The Labute approximate surface area is 189 Å². The van der Waals surface area contributed by atoms with Crippen LogP contribution in [0.1, 0.15) is 36.5 Å². The van der Waals surface area contributed by atoms with Crippen LogP contribution in [0.15, 0.2) is 83.2 Å². The van der Waals surface area contributed by atoms with E-state index in [0.29, 0.717) is 5.70 Å². The van der Waals surface area contributed by atoms with Crippen LogP contribution in [0.25, 0.3) is 6.08 Å². The van der Waals surface area contributed by atoms with Gasteiger partial charge in [0.15, 0.2) is 0 Å². The molecule has 172 valence electrons. The van der Waals surface area contributed by atoms with Crippen LogP contribution < -0.4 is 10.6 Å². The number of amides is 1. The lowest BCUT2D eigenvalue weighted by molar-refractivity contribution is -0.137. The van der Waals surface area contributed by atoms with Crippen LogP contribution in [0, 0.1) is 0 Å². The first-order chi connectivity index (χ1) is 15.6. The summed E-state index contributed by atoms with van der Waals surface area (Å²) in [6, 6.07) is 13.8. The highest BCUT2D eigenvalue weighted by atomic mass is 19.4. The Kier molecular flexibility index (Phi) is 7.06. The van der Waals surface area contributed by atoms with Crippen LogP contribution in [-0.4, -0.2) is 23.5 Å². The van der Waals surface area contributed by atoms with Gasteiger partial charge in [-0.05, 0) is 31.0 Å². The van der Waals surface area contributed by atoms with Crippen molar-refractivity contribution >= 4 is 18.0 Å². The largest absolute Gasteiger partial charge is 0.478 e. The summed E-state index contributed by atoms with van der Waals surface area (Å²) in [5.74, 6) is -3.04. The van der Waals surface area contributed by atoms with Gasteiger partial charge in [-0.1, -0.05) is 60.7 Å². The number of rotatable bonds is 6. The Bertz CT molecular complexity index is 1150. The van der Waals surface area contributed by atoms with E-state index in [9.17, 15) is 27.9 Å². The molecule has 2 aromatic rings. The summed E-state index contributed by atoms with van der Waals surface area (Å²) in [7, 11) is 0. The van der Waals surface area contributed by atoms with Gasteiger partial charge in [0.05, 0.1) is 17.1 Å². The van der Waals surface area contributed by atoms with Gasteiger partial charge < -0.3 is 15.7 Å². The lowest BCUT2D eigenvalue weighted by Crippen LogP contribution is -2.36. The van der Waals surface area contributed by atoms with E-state index >= 15 is 0 Å². The molecular formula is C25H23F3N2O3. The molecule has 0 saturated heterocycles. The molecule has 5 nitrogen and oxygen atoms in total. The number of allylic oxidation sites excluding steroid dienone is 2. The highest BCUT2D eigenvalue weighted by Gasteiger charge is 2.38. The second kappa shape index (κ2) is 9.77.